The molecule has 0 aliphatic heterocycles. The summed E-state index contributed by atoms with van der Waals surface area (Å²) in [6, 6.07) is 13.0. The topological polar surface area (TPSA) is 75.4 Å². The Bertz CT molecular complexity index is 931. The van der Waals surface area contributed by atoms with Crippen molar-refractivity contribution in [3.8, 4) is 0 Å². The predicted molar refractivity (Wildman–Crippen MR) is 126 cm³/mol. The van der Waals surface area contributed by atoms with Gasteiger partial charge in [-0.15, -0.1) is 0 Å². The van der Waals surface area contributed by atoms with Gasteiger partial charge in [0.2, 0.25) is 5.91 Å². The van der Waals surface area contributed by atoms with Gasteiger partial charge in [-0.25, -0.2) is 0 Å². The molecule has 1 fully saturated rings. The van der Waals surface area contributed by atoms with Gasteiger partial charge >= 0.3 is 0 Å². The van der Waals surface area contributed by atoms with Crippen molar-refractivity contribution in [3.63, 3.8) is 0 Å². The molecule has 0 unspecified atom stereocenters. The predicted octanol–water partition coefficient (Wildman–Crippen LogP) is 4.98. The van der Waals surface area contributed by atoms with E-state index in [0.29, 0.717) is 35.9 Å². The van der Waals surface area contributed by atoms with Crippen molar-refractivity contribution >= 4 is 29.1 Å². The molecule has 3 N–H and O–H groups in total. The summed E-state index contributed by atoms with van der Waals surface area (Å²) in [5.74, 6) is 0.121. The molecule has 2 aromatic carbocycles. The zero-order valence-corrected chi connectivity index (χ0v) is 19.3. The van der Waals surface area contributed by atoms with E-state index in [1.807, 2.05) is 35.2 Å². The van der Waals surface area contributed by atoms with Crippen molar-refractivity contribution in [1.29, 1.82) is 0 Å². The normalized spacial score (nSPS) is 13.7. The lowest BCUT2D eigenvalue weighted by molar-refractivity contribution is -0.133. The number of nitrogens with zero attached hydrogens (tertiary/aromatic N) is 1. The second-order valence-corrected chi connectivity index (χ2v) is 9.67. The number of benzene rings is 2. The summed E-state index contributed by atoms with van der Waals surface area (Å²) in [5, 5.41) is 3.52. The van der Waals surface area contributed by atoms with Crippen molar-refractivity contribution in [2.75, 3.05) is 18.4 Å². The van der Waals surface area contributed by atoms with Crippen molar-refractivity contribution in [3.05, 3.63) is 64.2 Å². The summed E-state index contributed by atoms with van der Waals surface area (Å²) in [6.45, 7) is 7.98. The van der Waals surface area contributed by atoms with Crippen LogP contribution >= 0.6 is 11.6 Å². The summed E-state index contributed by atoms with van der Waals surface area (Å²) in [5.41, 5.74) is 8.92. The third-order valence-corrected chi connectivity index (χ3v) is 5.92. The summed E-state index contributed by atoms with van der Waals surface area (Å²) in [6.07, 6.45) is 2.66. The van der Waals surface area contributed by atoms with Gasteiger partial charge in [-0.1, -0.05) is 44.5 Å². The molecule has 6 heteroatoms. The zero-order valence-electron chi connectivity index (χ0n) is 18.6. The summed E-state index contributed by atoms with van der Waals surface area (Å²) >= 11 is 6.41. The molecule has 0 bridgehead atoms. The lowest BCUT2D eigenvalue weighted by Crippen LogP contribution is -2.33. The van der Waals surface area contributed by atoms with E-state index in [-0.39, 0.29) is 23.1 Å². The molecule has 3 rings (SSSR count). The lowest BCUT2D eigenvalue weighted by Gasteiger charge is -2.23. The van der Waals surface area contributed by atoms with Crippen LogP contribution in [0, 0.1) is 5.92 Å². The minimum absolute atomic E-state index is 0.0355. The molecule has 0 atom stereocenters. The number of carbonyl (C=O) groups is 2. The molecule has 0 spiro atoms. The van der Waals surface area contributed by atoms with Crippen molar-refractivity contribution in [2.45, 2.75) is 52.0 Å². The highest BCUT2D eigenvalue weighted by Crippen LogP contribution is 2.32. The Labute approximate surface area is 190 Å². The van der Waals surface area contributed by atoms with Crippen molar-refractivity contribution < 1.29 is 9.59 Å². The second kappa shape index (κ2) is 9.84. The van der Waals surface area contributed by atoms with Gasteiger partial charge in [-0.05, 0) is 72.7 Å². The van der Waals surface area contributed by atoms with Crippen LogP contribution in [0.4, 0.5) is 5.69 Å². The summed E-state index contributed by atoms with van der Waals surface area (Å²) < 4.78 is 0. The minimum Gasteiger partial charge on any atom is -0.338 e. The first-order chi connectivity index (χ1) is 14.7. The van der Waals surface area contributed by atoms with E-state index in [1.165, 1.54) is 5.56 Å². The van der Waals surface area contributed by atoms with Crippen LogP contribution in [0.3, 0.4) is 0 Å². The Balaban J connectivity index is 1.72. The van der Waals surface area contributed by atoms with Gasteiger partial charge < -0.3 is 16.0 Å². The molecule has 1 aliphatic rings. The zero-order chi connectivity index (χ0) is 22.6. The van der Waals surface area contributed by atoms with Crippen LogP contribution < -0.4 is 11.1 Å². The molecular formula is C25H32ClN3O2. The number of amides is 2. The maximum Gasteiger partial charge on any atom is 0.255 e. The third kappa shape index (κ3) is 6.31. The monoisotopic (exact) mass is 441 g/mol. The number of halogens is 1. The second-order valence-electron chi connectivity index (χ2n) is 9.26. The van der Waals surface area contributed by atoms with Crippen LogP contribution in [0.1, 0.15) is 61.5 Å². The van der Waals surface area contributed by atoms with E-state index in [9.17, 15) is 9.59 Å². The first-order valence-electron chi connectivity index (χ1n) is 10.9. The first kappa shape index (κ1) is 23.3. The van der Waals surface area contributed by atoms with E-state index in [1.54, 1.807) is 12.1 Å². The van der Waals surface area contributed by atoms with E-state index >= 15 is 0 Å². The Morgan fingerprint density at radius 2 is 1.81 bits per heavy atom. The maximum absolute atomic E-state index is 12.7. The lowest BCUT2D eigenvalue weighted by atomic mass is 9.87. The Morgan fingerprint density at radius 1 is 1.13 bits per heavy atom. The summed E-state index contributed by atoms with van der Waals surface area (Å²) in [4.78, 5) is 27.2. The molecule has 0 saturated heterocycles. The molecule has 166 valence electrons. The summed E-state index contributed by atoms with van der Waals surface area (Å²) in [7, 11) is 0. The highest BCUT2D eigenvalue weighted by Gasteiger charge is 2.33. The number of nitrogens with two attached hydrogens (primary N) is 1. The van der Waals surface area contributed by atoms with Gasteiger partial charge in [0, 0.05) is 35.3 Å². The number of hydrogen-bond donors (Lipinski definition) is 2. The number of anilines is 1. The van der Waals surface area contributed by atoms with Gasteiger partial charge in [0.05, 0.1) is 0 Å². The highest BCUT2D eigenvalue weighted by molar-refractivity contribution is 6.31. The van der Waals surface area contributed by atoms with Crippen LogP contribution in [0.2, 0.25) is 5.02 Å². The molecule has 1 saturated carbocycles. The molecule has 0 heterocycles. The first-order valence-corrected chi connectivity index (χ1v) is 11.3. The number of carbonyl (C=O) groups excluding carboxylic acids is 2. The van der Waals surface area contributed by atoms with Crippen LogP contribution in [-0.2, 0) is 16.8 Å². The SMILES string of the molecule is CC(C)(C)c1ccc(C(=O)Nc2ccc(Cl)c(CN(CCCN)C(=O)C3CC3)c2)cc1. The minimum atomic E-state index is -0.178. The van der Waals surface area contributed by atoms with Gasteiger partial charge in [0.15, 0.2) is 0 Å². The number of rotatable bonds is 8. The third-order valence-electron chi connectivity index (χ3n) is 5.55. The fraction of sp³-hybridized carbons (Fsp3) is 0.440. The molecule has 0 aromatic heterocycles. The van der Waals surface area contributed by atoms with Crippen LogP contribution in [0.5, 0.6) is 0 Å². The Hall–Kier alpha value is -2.37. The molecular weight excluding hydrogens is 410 g/mol. The average molecular weight is 442 g/mol. The quantitative estimate of drug-likeness (QED) is 0.606. The van der Waals surface area contributed by atoms with E-state index < -0.39 is 0 Å². The van der Waals surface area contributed by atoms with Gasteiger partial charge in [-0.3, -0.25) is 9.59 Å². The van der Waals surface area contributed by atoms with Crippen LogP contribution in [0.15, 0.2) is 42.5 Å². The van der Waals surface area contributed by atoms with Crippen LogP contribution in [0.25, 0.3) is 0 Å². The standard InChI is InChI=1S/C25H32ClN3O2/c1-25(2,3)20-9-7-17(8-10-20)23(30)28-21-11-12-22(26)19(15-21)16-29(14-4-13-27)24(31)18-5-6-18/h7-12,15,18H,4-6,13-14,16,27H2,1-3H3,(H,28,30). The Morgan fingerprint density at radius 3 is 2.39 bits per heavy atom. The fourth-order valence-electron chi connectivity index (χ4n) is 3.44. The van der Waals surface area contributed by atoms with E-state index in [4.69, 9.17) is 17.3 Å². The number of nitrogens with one attached hydrogen (secondary N) is 1. The number of hydrogen-bond acceptors (Lipinski definition) is 3. The van der Waals surface area contributed by atoms with Gasteiger partial charge in [-0.2, -0.15) is 0 Å². The molecule has 5 nitrogen and oxygen atoms in total. The van der Waals surface area contributed by atoms with E-state index in [0.717, 1.165) is 24.8 Å². The molecule has 2 aromatic rings. The van der Waals surface area contributed by atoms with Crippen molar-refractivity contribution in [1.82, 2.24) is 4.90 Å². The maximum atomic E-state index is 12.7. The van der Waals surface area contributed by atoms with Gasteiger partial charge in [0.1, 0.15) is 0 Å². The molecule has 31 heavy (non-hydrogen) atoms. The van der Waals surface area contributed by atoms with Crippen LogP contribution in [-0.4, -0.2) is 29.8 Å². The molecule has 0 radical (unpaired) electrons. The largest absolute Gasteiger partial charge is 0.338 e. The van der Waals surface area contributed by atoms with Gasteiger partial charge in [0.25, 0.3) is 5.91 Å². The fourth-order valence-corrected chi connectivity index (χ4v) is 3.62. The Kier molecular flexibility index (Phi) is 7.39. The molecule has 1 aliphatic carbocycles. The van der Waals surface area contributed by atoms with Crippen molar-refractivity contribution in [2.24, 2.45) is 11.7 Å². The highest BCUT2D eigenvalue weighted by atomic mass is 35.5. The smallest absolute Gasteiger partial charge is 0.255 e. The van der Waals surface area contributed by atoms with E-state index in [2.05, 4.69) is 26.1 Å². The molecule has 2 amide bonds. The average Bonchev–Trinajstić information content (AvgIpc) is 3.57.